The summed E-state index contributed by atoms with van der Waals surface area (Å²) in [5.74, 6) is -1.28. The molecule has 0 saturated heterocycles. The van der Waals surface area contributed by atoms with Crippen LogP contribution in [-0.2, 0) is 9.53 Å². The first-order chi connectivity index (χ1) is 13.7. The van der Waals surface area contributed by atoms with Crippen molar-refractivity contribution in [1.29, 1.82) is 5.26 Å². The van der Waals surface area contributed by atoms with E-state index in [2.05, 4.69) is 11.4 Å². The maximum absolute atomic E-state index is 12.7. The van der Waals surface area contributed by atoms with E-state index in [0.717, 1.165) is 16.2 Å². The number of nitriles is 1. The Kier molecular flexibility index (Phi) is 5.34. The number of furan rings is 1. The second-order valence-corrected chi connectivity index (χ2v) is 7.73. The van der Waals surface area contributed by atoms with Crippen molar-refractivity contribution >= 4 is 33.6 Å². The number of hydrogen-bond donors (Lipinski definition) is 1. The Morgan fingerprint density at radius 1 is 1.14 bits per heavy atom. The van der Waals surface area contributed by atoms with E-state index in [1.54, 1.807) is 13.8 Å². The molecule has 0 saturated carbocycles. The number of carbonyl (C=O) groups is 2. The van der Waals surface area contributed by atoms with Crippen molar-refractivity contribution in [3.05, 3.63) is 47.7 Å². The fourth-order valence-corrected chi connectivity index (χ4v) is 3.07. The lowest BCUT2D eigenvalue weighted by Gasteiger charge is -2.28. The molecule has 6 heteroatoms. The number of carbonyl (C=O) groups excluding carboxylic acids is 2. The molecule has 3 rings (SSSR count). The molecule has 2 atom stereocenters. The zero-order valence-corrected chi connectivity index (χ0v) is 17.2. The molecule has 150 valence electrons. The number of esters is 1. The Bertz CT molecular complexity index is 1140. The summed E-state index contributed by atoms with van der Waals surface area (Å²) in [6.45, 7) is 8.56. The number of amides is 1. The van der Waals surface area contributed by atoms with Crippen molar-refractivity contribution < 1.29 is 18.7 Å². The fraction of sp³-hybridized carbons (Fsp3) is 0.348. The fourth-order valence-electron chi connectivity index (χ4n) is 3.07. The summed E-state index contributed by atoms with van der Waals surface area (Å²) in [6, 6.07) is 13.7. The molecule has 1 N–H and O–H groups in total. The molecule has 1 aromatic heterocycles. The largest absolute Gasteiger partial charge is 0.448 e. The second-order valence-electron chi connectivity index (χ2n) is 7.73. The van der Waals surface area contributed by atoms with E-state index >= 15 is 0 Å². The van der Waals surface area contributed by atoms with Gasteiger partial charge < -0.3 is 14.5 Å². The summed E-state index contributed by atoms with van der Waals surface area (Å²) in [5, 5.41) is 14.8. The molecule has 2 aromatic carbocycles. The number of nitrogens with zero attached hydrogens (tertiary/aromatic N) is 1. The maximum atomic E-state index is 12.7. The van der Waals surface area contributed by atoms with Crippen molar-refractivity contribution in [2.24, 2.45) is 5.92 Å². The highest BCUT2D eigenvalue weighted by Crippen LogP contribution is 2.32. The number of hydrogen-bond acceptors (Lipinski definition) is 5. The van der Waals surface area contributed by atoms with Gasteiger partial charge in [-0.25, -0.2) is 4.79 Å². The van der Waals surface area contributed by atoms with Gasteiger partial charge >= 0.3 is 5.97 Å². The minimum absolute atomic E-state index is 0.0721. The van der Waals surface area contributed by atoms with Gasteiger partial charge in [0.25, 0.3) is 5.91 Å². The van der Waals surface area contributed by atoms with Gasteiger partial charge in [-0.2, -0.15) is 5.26 Å². The molecule has 6 nitrogen and oxygen atoms in total. The van der Waals surface area contributed by atoms with E-state index in [-0.39, 0.29) is 11.7 Å². The van der Waals surface area contributed by atoms with Crippen LogP contribution in [0.15, 0.2) is 40.8 Å². The third kappa shape index (κ3) is 3.68. The number of ether oxygens (including phenoxy) is 1. The Labute approximate surface area is 169 Å². The molecule has 0 radical (unpaired) electrons. The van der Waals surface area contributed by atoms with Gasteiger partial charge in [0, 0.05) is 16.3 Å². The number of nitrogens with one attached hydrogen (secondary N) is 1. The number of benzene rings is 2. The highest BCUT2D eigenvalue weighted by molar-refractivity contribution is 6.08. The van der Waals surface area contributed by atoms with Crippen molar-refractivity contribution in [1.82, 2.24) is 5.32 Å². The molecular weight excluding hydrogens is 368 g/mol. The molecule has 0 unspecified atom stereocenters. The molecule has 0 bridgehead atoms. The number of rotatable bonds is 5. The smallest absolute Gasteiger partial charge is 0.375 e. The highest BCUT2D eigenvalue weighted by Gasteiger charge is 2.33. The predicted molar refractivity (Wildman–Crippen MR) is 110 cm³/mol. The second kappa shape index (κ2) is 7.59. The minimum Gasteiger partial charge on any atom is -0.448 e. The molecule has 0 aliphatic rings. The first-order valence-corrected chi connectivity index (χ1v) is 9.53. The monoisotopic (exact) mass is 392 g/mol. The predicted octanol–water partition coefficient (Wildman–Crippen LogP) is 4.49. The summed E-state index contributed by atoms with van der Waals surface area (Å²) >= 11 is 0. The van der Waals surface area contributed by atoms with Gasteiger partial charge in [0.2, 0.25) is 5.76 Å². The lowest BCUT2D eigenvalue weighted by Crippen LogP contribution is -2.52. The molecule has 0 aliphatic heterocycles. The average Bonchev–Trinajstić information content (AvgIpc) is 3.04. The zero-order valence-electron chi connectivity index (χ0n) is 17.2. The van der Waals surface area contributed by atoms with Crippen LogP contribution >= 0.6 is 0 Å². The van der Waals surface area contributed by atoms with Crippen LogP contribution in [0.2, 0.25) is 0 Å². The number of fused-ring (bicyclic) bond motifs is 3. The average molecular weight is 392 g/mol. The maximum Gasteiger partial charge on any atom is 0.375 e. The van der Waals surface area contributed by atoms with Gasteiger partial charge in [0.05, 0.1) is 6.07 Å². The first-order valence-electron chi connectivity index (χ1n) is 9.53. The van der Waals surface area contributed by atoms with Crippen LogP contribution in [0.25, 0.3) is 21.7 Å². The molecule has 1 amide bonds. The van der Waals surface area contributed by atoms with Gasteiger partial charge in [0.1, 0.15) is 11.1 Å². The van der Waals surface area contributed by atoms with E-state index in [4.69, 9.17) is 9.15 Å². The van der Waals surface area contributed by atoms with Crippen LogP contribution in [-0.4, -0.2) is 23.5 Å². The SMILES string of the molecule is Cc1c(C(=O)O[C@@H](C)C(=O)N[C@](C)(C#N)C(C)C)oc2c1ccc1ccccc12. The van der Waals surface area contributed by atoms with E-state index in [0.29, 0.717) is 11.1 Å². The molecule has 29 heavy (non-hydrogen) atoms. The summed E-state index contributed by atoms with van der Waals surface area (Å²) < 4.78 is 11.2. The van der Waals surface area contributed by atoms with Gasteiger partial charge in [-0.3, -0.25) is 4.79 Å². The quantitative estimate of drug-likeness (QED) is 0.646. The Morgan fingerprint density at radius 2 is 1.83 bits per heavy atom. The Morgan fingerprint density at radius 3 is 2.48 bits per heavy atom. The van der Waals surface area contributed by atoms with Crippen molar-refractivity contribution in [3.8, 4) is 6.07 Å². The van der Waals surface area contributed by atoms with E-state index in [9.17, 15) is 14.9 Å². The van der Waals surface area contributed by atoms with Crippen LogP contribution < -0.4 is 5.32 Å². The van der Waals surface area contributed by atoms with Gasteiger partial charge in [0.15, 0.2) is 6.10 Å². The Hall–Kier alpha value is -3.33. The third-order valence-corrected chi connectivity index (χ3v) is 5.44. The van der Waals surface area contributed by atoms with Crippen molar-refractivity contribution in [2.75, 3.05) is 0 Å². The van der Waals surface area contributed by atoms with Gasteiger partial charge in [-0.1, -0.05) is 50.2 Å². The van der Waals surface area contributed by atoms with Gasteiger partial charge in [-0.05, 0) is 32.1 Å². The third-order valence-electron chi connectivity index (χ3n) is 5.44. The highest BCUT2D eigenvalue weighted by atomic mass is 16.6. The van der Waals surface area contributed by atoms with E-state index in [1.165, 1.54) is 6.92 Å². The summed E-state index contributed by atoms with van der Waals surface area (Å²) in [6.07, 6.45) is -1.07. The van der Waals surface area contributed by atoms with E-state index < -0.39 is 23.5 Å². The van der Waals surface area contributed by atoms with Crippen LogP contribution in [0.5, 0.6) is 0 Å². The number of aryl methyl sites for hydroxylation is 1. The van der Waals surface area contributed by atoms with Crippen LogP contribution in [0.1, 0.15) is 43.8 Å². The van der Waals surface area contributed by atoms with Crippen LogP contribution in [0.4, 0.5) is 0 Å². The minimum atomic E-state index is -1.07. The van der Waals surface area contributed by atoms with Gasteiger partial charge in [-0.15, -0.1) is 0 Å². The normalized spacial score (nSPS) is 14.4. The summed E-state index contributed by atoms with van der Waals surface area (Å²) in [4.78, 5) is 25.1. The lowest BCUT2D eigenvalue weighted by molar-refractivity contribution is -0.130. The Balaban J connectivity index is 1.85. The topological polar surface area (TPSA) is 92.3 Å². The van der Waals surface area contributed by atoms with Crippen LogP contribution in [0.3, 0.4) is 0 Å². The van der Waals surface area contributed by atoms with Crippen LogP contribution in [0, 0.1) is 24.2 Å². The molecule has 0 fully saturated rings. The summed E-state index contributed by atoms with van der Waals surface area (Å²) in [5.41, 5.74) is 0.222. The molecule has 3 aromatic rings. The molecular formula is C23H24N2O4. The van der Waals surface area contributed by atoms with Crippen molar-refractivity contribution in [2.45, 2.75) is 46.3 Å². The lowest BCUT2D eigenvalue weighted by atomic mass is 9.90. The van der Waals surface area contributed by atoms with E-state index in [1.807, 2.05) is 50.2 Å². The molecule has 1 heterocycles. The standard InChI is InChI=1S/C23H24N2O4/c1-13(2)23(5,12-24)25-21(26)15(4)28-22(27)19-14(3)17-11-10-16-8-6-7-9-18(16)20(17)29-19/h6-11,13,15H,1-5H3,(H,25,26)/t15-,23+/m0/s1. The molecule has 0 spiro atoms. The first kappa shape index (κ1) is 20.4. The molecule has 0 aliphatic carbocycles. The van der Waals surface area contributed by atoms with Crippen molar-refractivity contribution in [3.63, 3.8) is 0 Å². The summed E-state index contributed by atoms with van der Waals surface area (Å²) in [7, 11) is 0. The zero-order chi connectivity index (χ0) is 21.3.